The molecule has 0 fully saturated rings. The third-order valence-electron chi connectivity index (χ3n) is 3.19. The molecular formula is C16H22BrN3O. The van der Waals surface area contributed by atoms with Crippen molar-refractivity contribution in [1.82, 2.24) is 15.1 Å². The number of ether oxygens (including phenoxy) is 1. The van der Waals surface area contributed by atoms with Crippen molar-refractivity contribution in [3.63, 3.8) is 0 Å². The highest BCUT2D eigenvalue weighted by Crippen LogP contribution is 2.28. The zero-order valence-electron chi connectivity index (χ0n) is 12.8. The summed E-state index contributed by atoms with van der Waals surface area (Å²) in [5.74, 6) is 0.951. The highest BCUT2D eigenvalue weighted by molar-refractivity contribution is 9.10. The van der Waals surface area contributed by atoms with Crippen molar-refractivity contribution in [2.75, 3.05) is 6.54 Å². The molecule has 2 aromatic rings. The lowest BCUT2D eigenvalue weighted by atomic mass is 10.1. The summed E-state index contributed by atoms with van der Waals surface area (Å²) in [7, 11) is 1.91. The second kappa shape index (κ2) is 7.61. The fourth-order valence-corrected chi connectivity index (χ4v) is 2.84. The number of nitrogens with zero attached hydrogens (tertiary/aromatic N) is 2. The molecule has 0 atom stereocenters. The molecule has 0 saturated carbocycles. The van der Waals surface area contributed by atoms with E-state index in [1.165, 1.54) is 5.56 Å². The van der Waals surface area contributed by atoms with Crippen LogP contribution in [0.1, 0.15) is 30.2 Å². The number of benzene rings is 1. The first kappa shape index (κ1) is 16.0. The monoisotopic (exact) mass is 351 g/mol. The lowest BCUT2D eigenvalue weighted by molar-refractivity contribution is 0.294. The molecule has 0 aliphatic carbocycles. The maximum Gasteiger partial charge on any atom is 0.132 e. The molecule has 0 unspecified atom stereocenters. The lowest BCUT2D eigenvalue weighted by Crippen LogP contribution is -2.15. The van der Waals surface area contributed by atoms with E-state index in [4.69, 9.17) is 4.74 Å². The Morgan fingerprint density at radius 1 is 1.38 bits per heavy atom. The van der Waals surface area contributed by atoms with Gasteiger partial charge in [-0.15, -0.1) is 0 Å². The first-order valence-electron chi connectivity index (χ1n) is 7.21. The molecule has 0 saturated heterocycles. The van der Waals surface area contributed by atoms with Gasteiger partial charge in [0.05, 0.1) is 5.69 Å². The standard InChI is InChI=1S/C16H22BrN3O/c1-4-6-18-10-13-9-14(17)8-12(2)16(13)21-11-15-5-7-20(3)19-15/h5,7-9,18H,4,6,10-11H2,1-3H3. The Kier molecular flexibility index (Phi) is 5.82. The average molecular weight is 352 g/mol. The molecule has 0 bridgehead atoms. The lowest BCUT2D eigenvalue weighted by Gasteiger charge is -2.15. The average Bonchev–Trinajstić information content (AvgIpc) is 2.83. The number of aromatic nitrogens is 2. The molecule has 0 aliphatic rings. The van der Waals surface area contributed by atoms with E-state index in [0.717, 1.165) is 41.0 Å². The van der Waals surface area contributed by atoms with Crippen molar-refractivity contribution >= 4 is 15.9 Å². The fourth-order valence-electron chi connectivity index (χ4n) is 2.22. The molecule has 1 heterocycles. The Morgan fingerprint density at radius 3 is 2.86 bits per heavy atom. The molecule has 0 aliphatic heterocycles. The van der Waals surface area contributed by atoms with Crippen LogP contribution in [0.4, 0.5) is 0 Å². The van der Waals surface area contributed by atoms with Crippen molar-refractivity contribution in [2.45, 2.75) is 33.4 Å². The molecule has 0 spiro atoms. The first-order valence-corrected chi connectivity index (χ1v) is 8.00. The summed E-state index contributed by atoms with van der Waals surface area (Å²) in [6.07, 6.45) is 3.05. The zero-order chi connectivity index (χ0) is 15.2. The third kappa shape index (κ3) is 4.58. The second-order valence-corrected chi connectivity index (χ2v) is 6.07. The highest BCUT2D eigenvalue weighted by atomic mass is 79.9. The van der Waals surface area contributed by atoms with E-state index in [0.29, 0.717) is 6.61 Å². The number of aryl methyl sites for hydroxylation is 2. The molecule has 1 aromatic heterocycles. The van der Waals surface area contributed by atoms with E-state index < -0.39 is 0 Å². The van der Waals surface area contributed by atoms with Gasteiger partial charge in [-0.05, 0) is 43.7 Å². The highest BCUT2D eigenvalue weighted by Gasteiger charge is 2.10. The van der Waals surface area contributed by atoms with Crippen LogP contribution >= 0.6 is 15.9 Å². The van der Waals surface area contributed by atoms with Gasteiger partial charge in [0, 0.05) is 29.8 Å². The van der Waals surface area contributed by atoms with Gasteiger partial charge < -0.3 is 10.1 Å². The molecule has 4 nitrogen and oxygen atoms in total. The topological polar surface area (TPSA) is 39.1 Å². The number of hydrogen-bond acceptors (Lipinski definition) is 3. The summed E-state index contributed by atoms with van der Waals surface area (Å²) in [4.78, 5) is 0. The molecule has 1 aromatic carbocycles. The maximum absolute atomic E-state index is 6.02. The molecule has 21 heavy (non-hydrogen) atoms. The Morgan fingerprint density at radius 2 is 2.19 bits per heavy atom. The van der Waals surface area contributed by atoms with Crippen LogP contribution in [-0.2, 0) is 20.2 Å². The Hall–Kier alpha value is -1.33. The minimum absolute atomic E-state index is 0.490. The van der Waals surface area contributed by atoms with Gasteiger partial charge in [-0.1, -0.05) is 22.9 Å². The van der Waals surface area contributed by atoms with Crippen molar-refractivity contribution in [1.29, 1.82) is 0 Å². The Balaban J connectivity index is 2.12. The van der Waals surface area contributed by atoms with Gasteiger partial charge in [0.25, 0.3) is 0 Å². The first-order chi connectivity index (χ1) is 10.1. The summed E-state index contributed by atoms with van der Waals surface area (Å²) in [5, 5.41) is 7.77. The van der Waals surface area contributed by atoms with Crippen molar-refractivity contribution in [3.8, 4) is 5.75 Å². The largest absolute Gasteiger partial charge is 0.487 e. The van der Waals surface area contributed by atoms with Gasteiger partial charge in [0.15, 0.2) is 0 Å². The quantitative estimate of drug-likeness (QED) is 0.775. The van der Waals surface area contributed by atoms with Crippen LogP contribution in [-0.4, -0.2) is 16.3 Å². The van der Waals surface area contributed by atoms with Gasteiger partial charge >= 0.3 is 0 Å². The SMILES string of the molecule is CCCNCc1cc(Br)cc(C)c1OCc1ccn(C)n1. The van der Waals surface area contributed by atoms with Crippen LogP contribution in [0.5, 0.6) is 5.75 Å². The normalized spacial score (nSPS) is 10.9. The van der Waals surface area contributed by atoms with E-state index in [-0.39, 0.29) is 0 Å². The van der Waals surface area contributed by atoms with Crippen LogP contribution in [0, 0.1) is 6.92 Å². The van der Waals surface area contributed by atoms with E-state index in [2.05, 4.69) is 52.3 Å². The van der Waals surface area contributed by atoms with Crippen molar-refractivity contribution in [3.05, 3.63) is 45.7 Å². The summed E-state index contributed by atoms with van der Waals surface area (Å²) in [5.41, 5.74) is 3.24. The van der Waals surface area contributed by atoms with Gasteiger partial charge in [-0.25, -0.2) is 0 Å². The third-order valence-corrected chi connectivity index (χ3v) is 3.65. The zero-order valence-corrected chi connectivity index (χ0v) is 14.4. The van der Waals surface area contributed by atoms with E-state index in [1.807, 2.05) is 19.3 Å². The molecule has 5 heteroatoms. The maximum atomic E-state index is 6.02. The van der Waals surface area contributed by atoms with E-state index in [1.54, 1.807) is 4.68 Å². The number of nitrogens with one attached hydrogen (secondary N) is 1. The summed E-state index contributed by atoms with van der Waals surface area (Å²) < 4.78 is 8.89. The molecule has 1 N–H and O–H groups in total. The molecular weight excluding hydrogens is 330 g/mol. The van der Waals surface area contributed by atoms with Gasteiger partial charge in [0.1, 0.15) is 12.4 Å². The van der Waals surface area contributed by atoms with Gasteiger partial charge in [-0.2, -0.15) is 5.10 Å². The van der Waals surface area contributed by atoms with Crippen LogP contribution in [0.25, 0.3) is 0 Å². The second-order valence-electron chi connectivity index (χ2n) is 5.16. The molecule has 2 rings (SSSR count). The predicted octanol–water partition coefficient (Wildman–Crippen LogP) is 3.57. The summed E-state index contributed by atoms with van der Waals surface area (Å²) in [6, 6.07) is 6.17. The fraction of sp³-hybridized carbons (Fsp3) is 0.438. The van der Waals surface area contributed by atoms with Gasteiger partial charge in [-0.3, -0.25) is 4.68 Å². The molecule has 0 radical (unpaired) electrons. The Bertz CT molecular complexity index is 595. The number of rotatable bonds is 7. The molecule has 114 valence electrons. The minimum Gasteiger partial charge on any atom is -0.487 e. The smallest absolute Gasteiger partial charge is 0.132 e. The van der Waals surface area contributed by atoms with Crippen LogP contribution in [0.2, 0.25) is 0 Å². The van der Waals surface area contributed by atoms with Crippen LogP contribution in [0.15, 0.2) is 28.9 Å². The number of halogens is 1. The summed E-state index contributed by atoms with van der Waals surface area (Å²) >= 11 is 3.56. The van der Waals surface area contributed by atoms with Crippen molar-refractivity contribution < 1.29 is 4.74 Å². The van der Waals surface area contributed by atoms with Crippen LogP contribution < -0.4 is 10.1 Å². The summed E-state index contributed by atoms with van der Waals surface area (Å²) in [6.45, 7) is 6.54. The number of hydrogen-bond donors (Lipinski definition) is 1. The minimum atomic E-state index is 0.490. The predicted molar refractivity (Wildman–Crippen MR) is 88.4 cm³/mol. The van der Waals surface area contributed by atoms with Crippen LogP contribution in [0.3, 0.4) is 0 Å². The van der Waals surface area contributed by atoms with E-state index in [9.17, 15) is 0 Å². The Labute approximate surface area is 134 Å². The van der Waals surface area contributed by atoms with Crippen molar-refractivity contribution in [2.24, 2.45) is 7.05 Å². The van der Waals surface area contributed by atoms with Gasteiger partial charge in [0.2, 0.25) is 0 Å². The van der Waals surface area contributed by atoms with E-state index >= 15 is 0 Å². The molecule has 0 amide bonds.